The van der Waals surface area contributed by atoms with Crippen molar-refractivity contribution in [1.29, 1.82) is 5.26 Å². The molecule has 2 aromatic rings. The third-order valence-corrected chi connectivity index (χ3v) is 2.91. The van der Waals surface area contributed by atoms with Gasteiger partial charge in [-0.3, -0.25) is 4.68 Å². The summed E-state index contributed by atoms with van der Waals surface area (Å²) in [6.07, 6.45) is 1.88. The zero-order valence-corrected chi connectivity index (χ0v) is 11.6. The summed E-state index contributed by atoms with van der Waals surface area (Å²) >= 11 is 6.02. The fourth-order valence-corrected chi connectivity index (χ4v) is 2.01. The minimum absolute atomic E-state index is 0.314. The number of aromatic nitrogens is 2. The Hall–Kier alpha value is -1.77. The van der Waals surface area contributed by atoms with Gasteiger partial charge in [-0.05, 0) is 23.6 Å². The second-order valence-electron chi connectivity index (χ2n) is 5.19. The summed E-state index contributed by atoms with van der Waals surface area (Å²) in [5.74, 6) is 0. The zero-order chi connectivity index (χ0) is 14.0. The van der Waals surface area contributed by atoms with Crippen molar-refractivity contribution < 1.29 is 0 Å². The SMILES string of the molecule is BC(C)(N)Cn1ccc(-c2ccc(C#N)c(Cl)c2)n1. The van der Waals surface area contributed by atoms with Gasteiger partial charge in [-0.25, -0.2) is 0 Å². The highest BCUT2D eigenvalue weighted by Gasteiger charge is 2.13. The van der Waals surface area contributed by atoms with Gasteiger partial charge in [0.2, 0.25) is 0 Å². The van der Waals surface area contributed by atoms with Crippen molar-refractivity contribution in [2.24, 2.45) is 5.73 Å². The lowest BCUT2D eigenvalue weighted by atomic mass is 9.81. The molecule has 0 aliphatic carbocycles. The Morgan fingerprint density at radius 3 is 2.84 bits per heavy atom. The maximum Gasteiger partial charge on any atom is 0.129 e. The summed E-state index contributed by atoms with van der Waals surface area (Å²) in [5, 5.41) is 13.7. The van der Waals surface area contributed by atoms with Crippen LogP contribution in [0.15, 0.2) is 30.5 Å². The number of halogens is 1. The Morgan fingerprint density at radius 2 is 2.26 bits per heavy atom. The van der Waals surface area contributed by atoms with E-state index in [0.717, 1.165) is 11.3 Å². The van der Waals surface area contributed by atoms with Crippen molar-refractivity contribution in [2.45, 2.75) is 18.9 Å². The van der Waals surface area contributed by atoms with Gasteiger partial charge in [-0.1, -0.05) is 24.6 Å². The van der Waals surface area contributed by atoms with E-state index in [2.05, 4.69) is 5.10 Å². The van der Waals surface area contributed by atoms with E-state index in [1.807, 2.05) is 39.2 Å². The summed E-state index contributed by atoms with van der Waals surface area (Å²) in [4.78, 5) is 0. The predicted octanol–water partition coefficient (Wildman–Crippen LogP) is 1.38. The van der Waals surface area contributed by atoms with Crippen LogP contribution in [-0.4, -0.2) is 23.1 Å². The Bertz CT molecular complexity index is 637. The molecule has 1 heterocycles. The lowest BCUT2D eigenvalue weighted by molar-refractivity contribution is 0.495. The maximum absolute atomic E-state index is 8.84. The van der Waals surface area contributed by atoms with Crippen molar-refractivity contribution >= 4 is 19.4 Å². The minimum Gasteiger partial charge on any atom is -0.331 e. The quantitative estimate of drug-likeness (QED) is 0.859. The number of nitrogens with zero attached hydrogens (tertiary/aromatic N) is 3. The molecular formula is C13H14BClN4. The van der Waals surface area contributed by atoms with Gasteiger partial charge in [-0.15, -0.1) is 0 Å². The summed E-state index contributed by atoms with van der Waals surface area (Å²) in [6.45, 7) is 2.59. The molecular weight excluding hydrogens is 258 g/mol. The average molecular weight is 273 g/mol. The second-order valence-corrected chi connectivity index (χ2v) is 5.60. The second kappa shape index (κ2) is 5.08. The standard InChI is InChI=1S/C13H14BClN4/c1-13(14,17)8-19-5-4-12(18-19)9-2-3-10(7-16)11(15)6-9/h2-6H,8,14,17H2,1H3. The van der Waals surface area contributed by atoms with Gasteiger partial charge in [0.25, 0.3) is 0 Å². The van der Waals surface area contributed by atoms with E-state index in [1.165, 1.54) is 0 Å². The first-order valence-corrected chi connectivity index (χ1v) is 6.29. The summed E-state index contributed by atoms with van der Waals surface area (Å²) in [6, 6.07) is 9.23. The average Bonchev–Trinajstić information content (AvgIpc) is 2.75. The highest BCUT2D eigenvalue weighted by Crippen LogP contribution is 2.24. The van der Waals surface area contributed by atoms with Gasteiger partial charge in [0, 0.05) is 11.8 Å². The van der Waals surface area contributed by atoms with Crippen molar-refractivity contribution in [1.82, 2.24) is 9.78 Å². The van der Waals surface area contributed by atoms with Gasteiger partial charge in [-0.2, -0.15) is 10.4 Å². The van der Waals surface area contributed by atoms with Crippen LogP contribution in [0.25, 0.3) is 11.3 Å². The van der Waals surface area contributed by atoms with Crippen LogP contribution >= 0.6 is 11.6 Å². The lowest BCUT2D eigenvalue weighted by Crippen LogP contribution is -2.41. The zero-order valence-electron chi connectivity index (χ0n) is 10.9. The summed E-state index contributed by atoms with van der Waals surface area (Å²) < 4.78 is 1.81. The Morgan fingerprint density at radius 1 is 1.53 bits per heavy atom. The summed E-state index contributed by atoms with van der Waals surface area (Å²) in [5.41, 5.74) is 7.81. The van der Waals surface area contributed by atoms with Crippen molar-refractivity contribution in [3.05, 3.63) is 41.0 Å². The molecule has 1 aromatic heterocycles. The van der Waals surface area contributed by atoms with Crippen LogP contribution in [0.1, 0.15) is 12.5 Å². The molecule has 0 amide bonds. The topological polar surface area (TPSA) is 67.6 Å². The van der Waals surface area contributed by atoms with Crippen molar-refractivity contribution in [2.75, 3.05) is 0 Å². The first kappa shape index (κ1) is 13.7. The van der Waals surface area contributed by atoms with E-state index in [0.29, 0.717) is 17.1 Å². The normalized spacial score (nSPS) is 13.8. The number of nitriles is 1. The van der Waals surface area contributed by atoms with Crippen LogP contribution in [-0.2, 0) is 6.54 Å². The smallest absolute Gasteiger partial charge is 0.129 e. The molecule has 1 aromatic carbocycles. The molecule has 0 fully saturated rings. The Balaban J connectivity index is 2.28. The fourth-order valence-electron chi connectivity index (χ4n) is 1.79. The van der Waals surface area contributed by atoms with Gasteiger partial charge in [0.1, 0.15) is 13.9 Å². The Kier molecular flexibility index (Phi) is 3.65. The number of hydrogen-bond acceptors (Lipinski definition) is 3. The highest BCUT2D eigenvalue weighted by atomic mass is 35.5. The molecule has 6 heteroatoms. The first-order chi connectivity index (χ1) is 8.89. The lowest BCUT2D eigenvalue weighted by Gasteiger charge is -2.17. The molecule has 1 unspecified atom stereocenters. The molecule has 1 atom stereocenters. The number of hydrogen-bond donors (Lipinski definition) is 1. The first-order valence-electron chi connectivity index (χ1n) is 5.91. The van der Waals surface area contributed by atoms with Crippen LogP contribution in [0.2, 0.25) is 5.02 Å². The van der Waals surface area contributed by atoms with Crippen LogP contribution < -0.4 is 5.73 Å². The predicted molar refractivity (Wildman–Crippen MR) is 78.5 cm³/mol. The van der Waals surface area contributed by atoms with E-state index in [9.17, 15) is 0 Å². The third-order valence-electron chi connectivity index (χ3n) is 2.60. The molecule has 2 N–H and O–H groups in total. The molecule has 0 saturated heterocycles. The van der Waals surface area contributed by atoms with Crippen LogP contribution in [0.3, 0.4) is 0 Å². The highest BCUT2D eigenvalue weighted by molar-refractivity contribution is 6.32. The molecule has 0 saturated carbocycles. The Labute approximate surface area is 118 Å². The molecule has 0 spiro atoms. The van der Waals surface area contributed by atoms with E-state index < -0.39 is 0 Å². The van der Waals surface area contributed by atoms with E-state index in [4.69, 9.17) is 22.6 Å². The van der Waals surface area contributed by atoms with E-state index in [1.54, 1.807) is 16.8 Å². The van der Waals surface area contributed by atoms with Crippen molar-refractivity contribution in [3.63, 3.8) is 0 Å². The van der Waals surface area contributed by atoms with Crippen LogP contribution in [0, 0.1) is 11.3 Å². The molecule has 2 rings (SSSR count). The maximum atomic E-state index is 8.84. The molecule has 96 valence electrons. The number of rotatable bonds is 3. The number of benzene rings is 1. The third kappa shape index (κ3) is 3.37. The number of nitrogens with two attached hydrogens (primary N) is 1. The minimum atomic E-state index is -0.314. The summed E-state index contributed by atoms with van der Waals surface area (Å²) in [7, 11) is 1.95. The van der Waals surface area contributed by atoms with Gasteiger partial charge < -0.3 is 5.73 Å². The molecule has 0 radical (unpaired) electrons. The largest absolute Gasteiger partial charge is 0.331 e. The van der Waals surface area contributed by atoms with Gasteiger partial charge in [0.15, 0.2) is 0 Å². The van der Waals surface area contributed by atoms with Crippen LogP contribution in [0.5, 0.6) is 0 Å². The van der Waals surface area contributed by atoms with Gasteiger partial charge in [0.05, 0.1) is 22.8 Å². The monoisotopic (exact) mass is 272 g/mol. The van der Waals surface area contributed by atoms with E-state index >= 15 is 0 Å². The molecule has 4 nitrogen and oxygen atoms in total. The molecule has 0 bridgehead atoms. The van der Waals surface area contributed by atoms with E-state index in [-0.39, 0.29) is 5.44 Å². The molecule has 0 aliphatic heterocycles. The van der Waals surface area contributed by atoms with Crippen LogP contribution in [0.4, 0.5) is 0 Å². The molecule has 19 heavy (non-hydrogen) atoms. The fraction of sp³-hybridized carbons (Fsp3) is 0.231. The van der Waals surface area contributed by atoms with Crippen molar-refractivity contribution in [3.8, 4) is 17.3 Å². The van der Waals surface area contributed by atoms with Gasteiger partial charge >= 0.3 is 0 Å². The molecule has 0 aliphatic rings.